The molecule has 1 aromatic heterocycles. The molecule has 0 aliphatic heterocycles. The Labute approximate surface area is 247 Å². The van der Waals surface area contributed by atoms with E-state index in [1.54, 1.807) is 38.2 Å². The number of rotatable bonds is 7. The molecule has 0 N–H and O–H groups in total. The first-order valence-corrected chi connectivity index (χ1v) is 14.7. The van der Waals surface area contributed by atoms with Crippen LogP contribution in [-0.2, 0) is 6.54 Å². The number of carbonyl (C=O) groups is 2. The summed E-state index contributed by atoms with van der Waals surface area (Å²) in [6.45, 7) is 0.243. The number of amides is 2. The van der Waals surface area contributed by atoms with Crippen molar-refractivity contribution in [3.05, 3.63) is 87.3 Å². The Bertz CT molecular complexity index is 1600. The lowest BCUT2D eigenvalue weighted by atomic mass is 9.93. The van der Waals surface area contributed by atoms with Gasteiger partial charge in [0, 0.05) is 37.8 Å². The number of hydrogen-bond acceptors (Lipinski definition) is 4. The van der Waals surface area contributed by atoms with Crippen molar-refractivity contribution < 1.29 is 23.1 Å². The van der Waals surface area contributed by atoms with Crippen molar-refractivity contribution in [3.63, 3.8) is 0 Å². The van der Waals surface area contributed by atoms with Crippen LogP contribution in [0.25, 0.3) is 21.2 Å². The molecule has 1 heterocycles. The molecule has 0 saturated heterocycles. The van der Waals surface area contributed by atoms with Gasteiger partial charge in [-0.15, -0.1) is 11.3 Å². The quantitative estimate of drug-likeness (QED) is 0.216. The molecule has 4 aromatic rings. The average Bonchev–Trinajstić information content (AvgIpc) is 3.35. The molecule has 5 nitrogen and oxygen atoms in total. The highest BCUT2D eigenvalue weighted by Crippen LogP contribution is 2.40. The number of fused-ring (bicyclic) bond motifs is 1. The molecule has 1 saturated carbocycles. The number of benzene rings is 3. The van der Waals surface area contributed by atoms with E-state index in [4.69, 9.17) is 16.3 Å². The number of halogens is 3. The van der Waals surface area contributed by atoms with Crippen LogP contribution < -0.4 is 4.74 Å². The summed E-state index contributed by atoms with van der Waals surface area (Å²) in [5.74, 6) is -1.06. The van der Waals surface area contributed by atoms with Gasteiger partial charge in [0.25, 0.3) is 11.8 Å². The first-order chi connectivity index (χ1) is 19.7. The molecule has 2 amide bonds. The second-order valence-electron chi connectivity index (χ2n) is 10.5. The lowest BCUT2D eigenvalue weighted by molar-refractivity contribution is 0.0617. The van der Waals surface area contributed by atoms with Gasteiger partial charge in [-0.1, -0.05) is 49.1 Å². The van der Waals surface area contributed by atoms with Crippen LogP contribution in [0.1, 0.15) is 57.7 Å². The Morgan fingerprint density at radius 1 is 0.927 bits per heavy atom. The number of nitrogens with zero attached hydrogens (tertiary/aromatic N) is 2. The average molecular weight is 597 g/mol. The van der Waals surface area contributed by atoms with Crippen molar-refractivity contribution in [2.45, 2.75) is 44.7 Å². The molecule has 0 unspecified atom stereocenters. The third-order valence-corrected chi connectivity index (χ3v) is 9.32. The van der Waals surface area contributed by atoms with E-state index in [-0.39, 0.29) is 44.4 Å². The van der Waals surface area contributed by atoms with Crippen LogP contribution in [0.4, 0.5) is 8.78 Å². The molecule has 214 valence electrons. The van der Waals surface area contributed by atoms with Crippen molar-refractivity contribution in [3.8, 4) is 16.9 Å². The van der Waals surface area contributed by atoms with Crippen molar-refractivity contribution >= 4 is 44.8 Å². The molecule has 1 aliphatic carbocycles. The van der Waals surface area contributed by atoms with E-state index in [1.807, 2.05) is 30.3 Å². The molecule has 5 rings (SSSR count). The highest BCUT2D eigenvalue weighted by Gasteiger charge is 2.31. The number of hydrogen-bond donors (Lipinski definition) is 0. The van der Waals surface area contributed by atoms with Gasteiger partial charge in [0.1, 0.15) is 22.3 Å². The summed E-state index contributed by atoms with van der Waals surface area (Å²) in [5.41, 5.74) is 3.21. The van der Waals surface area contributed by atoms with Crippen LogP contribution in [0.2, 0.25) is 5.02 Å². The number of carbonyl (C=O) groups excluding carboxylic acids is 2. The smallest absolute Gasteiger partial charge is 0.266 e. The molecule has 0 bridgehead atoms. The predicted molar refractivity (Wildman–Crippen MR) is 160 cm³/mol. The molecule has 0 radical (unpaired) electrons. The monoisotopic (exact) mass is 596 g/mol. The van der Waals surface area contributed by atoms with E-state index in [0.717, 1.165) is 72.3 Å². The van der Waals surface area contributed by atoms with Gasteiger partial charge in [0.05, 0.1) is 22.2 Å². The molecular formula is C32H31ClF2N2O3S. The summed E-state index contributed by atoms with van der Waals surface area (Å²) in [5, 5.41) is -0.111. The highest BCUT2D eigenvalue weighted by molar-refractivity contribution is 7.21. The SMILES string of the molecule is COc1ccc(-c2ccc(C(=O)N(C)C)cc2)cc1CN(C(=O)c1sc2c(F)ccc(F)c2c1Cl)C1CCCCC1. The molecule has 0 atom stereocenters. The van der Waals surface area contributed by atoms with Gasteiger partial charge in [-0.3, -0.25) is 9.59 Å². The first kappa shape index (κ1) is 29.0. The molecule has 9 heteroatoms. The normalized spacial score (nSPS) is 13.8. The van der Waals surface area contributed by atoms with Crippen LogP contribution in [0, 0.1) is 11.6 Å². The fraction of sp³-hybridized carbons (Fsp3) is 0.312. The summed E-state index contributed by atoms with van der Waals surface area (Å²) in [7, 11) is 5.01. The van der Waals surface area contributed by atoms with Gasteiger partial charge < -0.3 is 14.5 Å². The van der Waals surface area contributed by atoms with Crippen LogP contribution >= 0.6 is 22.9 Å². The molecule has 0 spiro atoms. The van der Waals surface area contributed by atoms with Crippen molar-refractivity contribution in [1.29, 1.82) is 0 Å². The van der Waals surface area contributed by atoms with E-state index >= 15 is 0 Å². The third-order valence-electron chi connectivity index (χ3n) is 7.64. The lowest BCUT2D eigenvalue weighted by Crippen LogP contribution is -2.40. The van der Waals surface area contributed by atoms with Gasteiger partial charge in [-0.05, 0) is 60.4 Å². The predicted octanol–water partition coefficient (Wildman–Crippen LogP) is 8.19. The number of thiophene rings is 1. The molecule has 3 aromatic carbocycles. The largest absolute Gasteiger partial charge is 0.496 e. The summed E-state index contributed by atoms with van der Waals surface area (Å²) in [6.07, 6.45) is 4.75. The third kappa shape index (κ3) is 5.81. The van der Waals surface area contributed by atoms with Gasteiger partial charge >= 0.3 is 0 Å². The fourth-order valence-electron chi connectivity index (χ4n) is 5.45. The maximum atomic E-state index is 14.6. The van der Waals surface area contributed by atoms with Gasteiger partial charge in [-0.2, -0.15) is 0 Å². The maximum absolute atomic E-state index is 14.6. The summed E-state index contributed by atoms with van der Waals surface area (Å²) in [4.78, 5) is 29.9. The van der Waals surface area contributed by atoms with Crippen LogP contribution in [0.5, 0.6) is 5.75 Å². The number of ether oxygens (including phenoxy) is 1. The van der Waals surface area contributed by atoms with Crippen LogP contribution in [-0.4, -0.2) is 48.9 Å². The van der Waals surface area contributed by atoms with Gasteiger partial charge in [0.15, 0.2) is 0 Å². The molecule has 41 heavy (non-hydrogen) atoms. The Balaban J connectivity index is 1.52. The standard InChI is InChI=1S/C32H31ClF2N2O3S/c1-36(2)31(38)20-11-9-19(10-12-20)21-13-16-26(40-3)22(17-21)18-37(23-7-5-4-6-8-23)32(39)30-28(33)27-24(34)14-15-25(35)29(27)41-30/h9-17,23H,4-8,18H2,1-3H3. The zero-order valence-corrected chi connectivity index (χ0v) is 24.7. The molecule has 1 fully saturated rings. The zero-order chi connectivity index (χ0) is 29.3. The molecule has 1 aliphatic rings. The minimum Gasteiger partial charge on any atom is -0.496 e. The lowest BCUT2D eigenvalue weighted by Gasteiger charge is -2.34. The van der Waals surface area contributed by atoms with Crippen LogP contribution in [0.15, 0.2) is 54.6 Å². The minimum atomic E-state index is -0.654. The van der Waals surface area contributed by atoms with E-state index in [2.05, 4.69) is 0 Å². The first-order valence-electron chi connectivity index (χ1n) is 13.6. The summed E-state index contributed by atoms with van der Waals surface area (Å²) in [6, 6.07) is 15.2. The highest BCUT2D eigenvalue weighted by atomic mass is 35.5. The summed E-state index contributed by atoms with van der Waals surface area (Å²) < 4.78 is 34.9. The summed E-state index contributed by atoms with van der Waals surface area (Å²) >= 11 is 7.43. The van der Waals surface area contributed by atoms with E-state index < -0.39 is 11.6 Å². The molecular weight excluding hydrogens is 566 g/mol. The second kappa shape index (κ2) is 12.2. The Morgan fingerprint density at radius 3 is 2.22 bits per heavy atom. The van der Waals surface area contributed by atoms with Crippen molar-refractivity contribution in [2.24, 2.45) is 0 Å². The second-order valence-corrected chi connectivity index (χ2v) is 11.9. The van der Waals surface area contributed by atoms with Gasteiger partial charge in [0.2, 0.25) is 0 Å². The zero-order valence-electron chi connectivity index (χ0n) is 23.2. The van der Waals surface area contributed by atoms with Crippen molar-refractivity contribution in [2.75, 3.05) is 21.2 Å². The number of methoxy groups -OCH3 is 1. The van der Waals surface area contributed by atoms with E-state index in [9.17, 15) is 18.4 Å². The Kier molecular flexibility index (Phi) is 8.61. The fourth-order valence-corrected chi connectivity index (χ4v) is 6.96. The Morgan fingerprint density at radius 2 is 1.59 bits per heavy atom. The maximum Gasteiger partial charge on any atom is 0.266 e. The minimum absolute atomic E-state index is 0.0396. The van der Waals surface area contributed by atoms with E-state index in [1.165, 1.54) is 4.90 Å². The van der Waals surface area contributed by atoms with E-state index in [0.29, 0.717) is 11.3 Å². The van der Waals surface area contributed by atoms with Crippen molar-refractivity contribution in [1.82, 2.24) is 9.80 Å². The van der Waals surface area contributed by atoms with Gasteiger partial charge in [-0.25, -0.2) is 8.78 Å². The Hall–Kier alpha value is -3.49. The topological polar surface area (TPSA) is 49.9 Å². The van der Waals surface area contributed by atoms with Crippen LogP contribution in [0.3, 0.4) is 0 Å².